The van der Waals surface area contributed by atoms with Gasteiger partial charge < -0.3 is 15.5 Å². The first-order valence-electron chi connectivity index (χ1n) is 9.50. The van der Waals surface area contributed by atoms with Crippen LogP contribution in [0.2, 0.25) is 0 Å². The summed E-state index contributed by atoms with van der Waals surface area (Å²) in [6.07, 6.45) is 12.2. The predicted molar refractivity (Wildman–Crippen MR) is 95.5 cm³/mol. The summed E-state index contributed by atoms with van der Waals surface area (Å²) in [5.41, 5.74) is 6.32. The van der Waals surface area contributed by atoms with Gasteiger partial charge in [-0.1, -0.05) is 58.8 Å². The third-order valence-electron chi connectivity index (χ3n) is 4.95. The maximum absolute atomic E-state index is 11.4. The molecular weight excluding hydrogens is 302 g/mol. The van der Waals surface area contributed by atoms with E-state index in [4.69, 9.17) is 10.2 Å². The quantitative estimate of drug-likeness (QED) is 0.680. The number of nitrogens with zero attached hydrogens (tertiary/aromatic N) is 1. The topological polar surface area (TPSA) is 81.1 Å². The van der Waals surface area contributed by atoms with E-state index < -0.39 is 0 Å². The van der Waals surface area contributed by atoms with Crippen LogP contribution >= 0.6 is 0 Å². The van der Waals surface area contributed by atoms with Gasteiger partial charge in [-0.05, 0) is 12.3 Å². The van der Waals surface area contributed by atoms with E-state index in [-0.39, 0.29) is 11.8 Å². The molecule has 1 aliphatic carbocycles. The molecule has 0 saturated heterocycles. The fourth-order valence-electron chi connectivity index (χ4n) is 3.58. The normalized spacial score (nSPS) is 17.3. The lowest BCUT2D eigenvalue weighted by Gasteiger charge is -2.22. The second-order valence-corrected chi connectivity index (χ2v) is 7.51. The summed E-state index contributed by atoms with van der Waals surface area (Å²) in [5.74, 6) is 1.26. The summed E-state index contributed by atoms with van der Waals surface area (Å²) in [7, 11) is 0. The molecule has 24 heavy (non-hydrogen) atoms. The lowest BCUT2D eigenvalue weighted by Crippen LogP contribution is -2.22. The molecule has 1 atom stereocenters. The van der Waals surface area contributed by atoms with Crippen LogP contribution < -0.4 is 11.1 Å². The Labute approximate surface area is 145 Å². The van der Waals surface area contributed by atoms with Crippen molar-refractivity contribution in [3.63, 3.8) is 0 Å². The minimum atomic E-state index is -0.280. The van der Waals surface area contributed by atoms with E-state index in [1.165, 1.54) is 38.5 Å². The first-order valence-corrected chi connectivity index (χ1v) is 9.50. The lowest BCUT2D eigenvalue weighted by molar-refractivity contribution is -0.118. The van der Waals surface area contributed by atoms with Gasteiger partial charge in [-0.25, -0.2) is 4.98 Å². The minimum Gasteiger partial charge on any atom is -0.448 e. The van der Waals surface area contributed by atoms with Crippen LogP contribution in [-0.2, 0) is 11.3 Å². The van der Waals surface area contributed by atoms with Crippen LogP contribution in [0.15, 0.2) is 10.7 Å². The Morgan fingerprint density at radius 1 is 1.38 bits per heavy atom. The molecule has 2 rings (SSSR count). The van der Waals surface area contributed by atoms with Gasteiger partial charge in [0.25, 0.3) is 0 Å². The molecule has 0 aliphatic heterocycles. The van der Waals surface area contributed by atoms with Crippen LogP contribution in [0.3, 0.4) is 0 Å². The van der Waals surface area contributed by atoms with Gasteiger partial charge in [0.2, 0.25) is 5.91 Å². The molecule has 0 radical (unpaired) electrons. The zero-order valence-electron chi connectivity index (χ0n) is 15.2. The average Bonchev–Trinajstić information content (AvgIpc) is 3.01. The number of primary amides is 1. The highest BCUT2D eigenvalue weighted by Gasteiger charge is 2.21. The molecule has 1 saturated carbocycles. The van der Waals surface area contributed by atoms with Crippen molar-refractivity contribution in [2.24, 2.45) is 11.7 Å². The third-order valence-corrected chi connectivity index (χ3v) is 4.95. The van der Waals surface area contributed by atoms with Crippen molar-refractivity contribution in [2.45, 2.75) is 90.1 Å². The van der Waals surface area contributed by atoms with Gasteiger partial charge >= 0.3 is 0 Å². The van der Waals surface area contributed by atoms with Gasteiger partial charge in [0.15, 0.2) is 5.89 Å². The predicted octanol–water partition coefficient (Wildman–Crippen LogP) is 3.88. The highest BCUT2D eigenvalue weighted by atomic mass is 16.3. The Kier molecular flexibility index (Phi) is 7.76. The highest BCUT2D eigenvalue weighted by Crippen LogP contribution is 2.31. The maximum Gasteiger partial charge on any atom is 0.218 e. The monoisotopic (exact) mass is 335 g/mol. The molecule has 1 heterocycles. The number of carbonyl (C=O) groups excluding carboxylic acids is 1. The van der Waals surface area contributed by atoms with Gasteiger partial charge in [-0.2, -0.15) is 0 Å². The summed E-state index contributed by atoms with van der Waals surface area (Å²) in [6.45, 7) is 4.89. The Balaban J connectivity index is 1.86. The van der Waals surface area contributed by atoms with Gasteiger partial charge in [0, 0.05) is 24.9 Å². The number of hydrogen-bond acceptors (Lipinski definition) is 4. The van der Waals surface area contributed by atoms with Crippen molar-refractivity contribution in [1.29, 1.82) is 0 Å². The molecule has 5 nitrogen and oxygen atoms in total. The van der Waals surface area contributed by atoms with E-state index in [2.05, 4.69) is 24.1 Å². The largest absolute Gasteiger partial charge is 0.448 e. The van der Waals surface area contributed by atoms with Gasteiger partial charge in [0.05, 0.1) is 5.69 Å². The Bertz CT molecular complexity index is 493. The van der Waals surface area contributed by atoms with Crippen molar-refractivity contribution in [1.82, 2.24) is 10.3 Å². The molecule has 0 spiro atoms. The van der Waals surface area contributed by atoms with Crippen LogP contribution in [0, 0.1) is 5.92 Å². The molecule has 1 amide bonds. The fourth-order valence-corrected chi connectivity index (χ4v) is 3.58. The molecule has 3 N–H and O–H groups in total. The van der Waals surface area contributed by atoms with E-state index in [9.17, 15) is 4.79 Å². The number of oxazole rings is 1. The number of aromatic nitrogens is 1. The molecule has 1 aromatic heterocycles. The van der Waals surface area contributed by atoms with Gasteiger partial charge in [-0.15, -0.1) is 0 Å². The number of amides is 1. The summed E-state index contributed by atoms with van der Waals surface area (Å²) in [6, 6.07) is 0.405. The smallest absolute Gasteiger partial charge is 0.218 e. The zero-order valence-corrected chi connectivity index (χ0v) is 15.2. The van der Waals surface area contributed by atoms with E-state index in [0.29, 0.717) is 24.9 Å². The van der Waals surface area contributed by atoms with E-state index in [1.807, 2.05) is 0 Å². The van der Waals surface area contributed by atoms with Crippen LogP contribution in [-0.4, -0.2) is 16.9 Å². The van der Waals surface area contributed by atoms with Gasteiger partial charge in [-0.3, -0.25) is 4.79 Å². The summed E-state index contributed by atoms with van der Waals surface area (Å²) in [5, 5.41) is 3.33. The van der Waals surface area contributed by atoms with E-state index in [1.54, 1.807) is 6.26 Å². The first kappa shape index (κ1) is 19.0. The molecule has 0 bridgehead atoms. The standard InChI is InChI=1S/C19H33N3O2/c1-14(2)21-12-17-13-24-19(22-17)16(11-18(20)23)10-6-9-15-7-4-3-5-8-15/h13-16,21H,3-12H2,1-2H3,(H2,20,23). The van der Waals surface area contributed by atoms with Gasteiger partial charge in [0.1, 0.15) is 6.26 Å². The Morgan fingerprint density at radius 2 is 2.12 bits per heavy atom. The molecule has 136 valence electrons. The number of carbonyl (C=O) groups is 1. The number of hydrogen-bond donors (Lipinski definition) is 2. The van der Waals surface area contributed by atoms with Crippen LogP contribution in [0.1, 0.15) is 89.1 Å². The lowest BCUT2D eigenvalue weighted by atomic mass is 9.84. The Hall–Kier alpha value is -1.36. The maximum atomic E-state index is 11.4. The fraction of sp³-hybridized carbons (Fsp3) is 0.789. The minimum absolute atomic E-state index is 0.0129. The second kappa shape index (κ2) is 9.82. The van der Waals surface area contributed by atoms with Crippen molar-refractivity contribution in [2.75, 3.05) is 0 Å². The summed E-state index contributed by atoms with van der Waals surface area (Å²) in [4.78, 5) is 16.0. The number of nitrogens with two attached hydrogens (primary N) is 1. The summed E-state index contributed by atoms with van der Waals surface area (Å²) < 4.78 is 5.64. The molecule has 1 unspecified atom stereocenters. The Morgan fingerprint density at radius 3 is 2.79 bits per heavy atom. The van der Waals surface area contributed by atoms with Crippen LogP contribution in [0.5, 0.6) is 0 Å². The van der Waals surface area contributed by atoms with Crippen molar-refractivity contribution >= 4 is 5.91 Å². The first-order chi connectivity index (χ1) is 11.5. The van der Waals surface area contributed by atoms with Crippen molar-refractivity contribution in [3.05, 3.63) is 17.8 Å². The highest BCUT2D eigenvalue weighted by molar-refractivity contribution is 5.74. The molecule has 1 aromatic rings. The van der Waals surface area contributed by atoms with Crippen LogP contribution in [0.4, 0.5) is 0 Å². The van der Waals surface area contributed by atoms with Crippen LogP contribution in [0.25, 0.3) is 0 Å². The average molecular weight is 335 g/mol. The SMILES string of the molecule is CC(C)NCc1coc(C(CCCC2CCCCC2)CC(N)=O)n1. The molecule has 0 aromatic carbocycles. The molecular formula is C19H33N3O2. The third kappa shape index (κ3) is 6.63. The molecule has 1 fully saturated rings. The zero-order chi connectivity index (χ0) is 17.4. The van der Waals surface area contributed by atoms with Crippen molar-refractivity contribution < 1.29 is 9.21 Å². The second-order valence-electron chi connectivity index (χ2n) is 7.51. The molecule has 5 heteroatoms. The number of nitrogens with one attached hydrogen (secondary N) is 1. The summed E-state index contributed by atoms with van der Waals surface area (Å²) >= 11 is 0. The van der Waals surface area contributed by atoms with Crippen molar-refractivity contribution in [3.8, 4) is 0 Å². The van der Waals surface area contributed by atoms with E-state index >= 15 is 0 Å². The molecule has 1 aliphatic rings. The van der Waals surface area contributed by atoms with E-state index in [0.717, 1.165) is 24.5 Å². The number of rotatable bonds is 10.